The van der Waals surface area contributed by atoms with E-state index in [0.717, 1.165) is 24.0 Å². The van der Waals surface area contributed by atoms with E-state index in [0.29, 0.717) is 39.1 Å². The number of hydrogen-bond acceptors (Lipinski definition) is 6. The van der Waals surface area contributed by atoms with E-state index in [1.54, 1.807) is 12.1 Å². The van der Waals surface area contributed by atoms with Crippen molar-refractivity contribution >= 4 is 11.8 Å². The van der Waals surface area contributed by atoms with Crippen molar-refractivity contribution in [1.29, 1.82) is 0 Å². The number of benzene rings is 2. The van der Waals surface area contributed by atoms with E-state index in [2.05, 4.69) is 17.7 Å². The fourth-order valence-corrected chi connectivity index (χ4v) is 5.24. The van der Waals surface area contributed by atoms with Gasteiger partial charge in [-0.3, -0.25) is 15.0 Å². The van der Waals surface area contributed by atoms with Crippen molar-refractivity contribution in [2.75, 3.05) is 26.8 Å². The largest absolute Gasteiger partial charge is 0.508 e. The SMILES string of the molecule is CC1C(C(C(=O)NCc2ccccc2)N(C(=O)CCc2ccc(O)cc2)C2CCOCC2)CNN1C. The van der Waals surface area contributed by atoms with E-state index in [1.165, 1.54) is 0 Å². The number of hydrogen-bond donors (Lipinski definition) is 3. The fraction of sp³-hybridized carbons (Fsp3) is 0.500. The molecule has 36 heavy (non-hydrogen) atoms. The molecule has 3 atom stereocenters. The standard InChI is InChI=1S/C28H38N4O4/c1-20-25(19-30-31(20)2)27(28(35)29-18-22-6-4-3-5-7-22)32(23-14-16-36-17-15-23)26(34)13-10-21-8-11-24(33)12-9-21/h3-9,11-12,20,23,25,27,30,33H,10,13-19H2,1-2H3,(H,29,35). The van der Waals surface area contributed by atoms with Crippen LogP contribution < -0.4 is 10.7 Å². The third-order valence-corrected chi connectivity index (χ3v) is 7.53. The number of aromatic hydroxyl groups is 1. The van der Waals surface area contributed by atoms with E-state index < -0.39 is 6.04 Å². The summed E-state index contributed by atoms with van der Waals surface area (Å²) >= 11 is 0. The summed E-state index contributed by atoms with van der Waals surface area (Å²) in [6, 6.07) is 16.2. The molecule has 8 nitrogen and oxygen atoms in total. The molecule has 0 aromatic heterocycles. The van der Waals surface area contributed by atoms with Crippen molar-refractivity contribution in [1.82, 2.24) is 20.7 Å². The third kappa shape index (κ3) is 6.43. The first-order valence-electron chi connectivity index (χ1n) is 12.9. The van der Waals surface area contributed by atoms with Gasteiger partial charge in [-0.25, -0.2) is 5.01 Å². The minimum Gasteiger partial charge on any atom is -0.508 e. The molecule has 2 heterocycles. The monoisotopic (exact) mass is 494 g/mol. The summed E-state index contributed by atoms with van der Waals surface area (Å²) in [6.07, 6.45) is 2.29. The van der Waals surface area contributed by atoms with Crippen molar-refractivity contribution in [2.24, 2.45) is 5.92 Å². The summed E-state index contributed by atoms with van der Waals surface area (Å²) in [5, 5.41) is 14.7. The van der Waals surface area contributed by atoms with Crippen molar-refractivity contribution < 1.29 is 19.4 Å². The number of nitrogens with zero attached hydrogens (tertiary/aromatic N) is 2. The first-order chi connectivity index (χ1) is 17.4. The minimum absolute atomic E-state index is 0.0170. The van der Waals surface area contributed by atoms with Crippen LogP contribution >= 0.6 is 0 Å². The summed E-state index contributed by atoms with van der Waals surface area (Å²) in [5.74, 6) is 0.0241. The number of nitrogens with one attached hydrogen (secondary N) is 2. The molecule has 0 radical (unpaired) electrons. The summed E-state index contributed by atoms with van der Waals surface area (Å²) in [5.41, 5.74) is 5.36. The zero-order valence-electron chi connectivity index (χ0n) is 21.2. The van der Waals surface area contributed by atoms with Gasteiger partial charge in [0.2, 0.25) is 11.8 Å². The van der Waals surface area contributed by atoms with Crippen LogP contribution in [0.4, 0.5) is 0 Å². The lowest BCUT2D eigenvalue weighted by Gasteiger charge is -2.42. The summed E-state index contributed by atoms with van der Waals surface area (Å²) in [6.45, 7) is 4.33. The van der Waals surface area contributed by atoms with Gasteiger partial charge in [0.15, 0.2) is 0 Å². The number of carbonyl (C=O) groups excluding carboxylic acids is 2. The van der Waals surface area contributed by atoms with Crippen LogP contribution in [0.5, 0.6) is 5.75 Å². The zero-order valence-corrected chi connectivity index (χ0v) is 21.2. The Hall–Kier alpha value is -2.94. The van der Waals surface area contributed by atoms with Gasteiger partial charge in [0.1, 0.15) is 11.8 Å². The molecular weight excluding hydrogens is 456 g/mol. The lowest BCUT2D eigenvalue weighted by molar-refractivity contribution is -0.148. The summed E-state index contributed by atoms with van der Waals surface area (Å²) in [7, 11) is 1.98. The molecule has 0 saturated carbocycles. The van der Waals surface area contributed by atoms with Crippen LogP contribution in [-0.2, 0) is 27.3 Å². The molecule has 2 aromatic rings. The molecule has 2 fully saturated rings. The van der Waals surface area contributed by atoms with E-state index in [9.17, 15) is 14.7 Å². The van der Waals surface area contributed by atoms with Crippen molar-refractivity contribution in [3.63, 3.8) is 0 Å². The maximum atomic E-state index is 13.9. The van der Waals surface area contributed by atoms with Gasteiger partial charge >= 0.3 is 0 Å². The highest BCUT2D eigenvalue weighted by Crippen LogP contribution is 2.28. The maximum absolute atomic E-state index is 13.9. The fourth-order valence-electron chi connectivity index (χ4n) is 5.24. The number of amides is 2. The van der Waals surface area contributed by atoms with Crippen molar-refractivity contribution in [3.8, 4) is 5.75 Å². The highest BCUT2D eigenvalue weighted by atomic mass is 16.5. The highest BCUT2D eigenvalue weighted by Gasteiger charge is 2.45. The Morgan fingerprint density at radius 1 is 1.11 bits per heavy atom. The summed E-state index contributed by atoms with van der Waals surface area (Å²) < 4.78 is 5.60. The molecule has 4 rings (SSSR count). The number of carbonyl (C=O) groups is 2. The molecule has 3 unspecified atom stereocenters. The van der Waals surface area contributed by atoms with Crippen LogP contribution in [-0.4, -0.2) is 71.8 Å². The number of hydrazine groups is 1. The van der Waals surface area contributed by atoms with E-state index >= 15 is 0 Å². The van der Waals surface area contributed by atoms with Gasteiger partial charge in [-0.05, 0) is 49.4 Å². The Morgan fingerprint density at radius 2 is 1.81 bits per heavy atom. The Labute approximate surface area is 213 Å². The number of rotatable bonds is 9. The van der Waals surface area contributed by atoms with Gasteiger partial charge in [-0.1, -0.05) is 42.5 Å². The van der Waals surface area contributed by atoms with Crippen LogP contribution in [0.1, 0.15) is 37.3 Å². The van der Waals surface area contributed by atoms with Crippen LogP contribution in [0, 0.1) is 5.92 Å². The van der Waals surface area contributed by atoms with Crippen molar-refractivity contribution in [3.05, 3.63) is 65.7 Å². The predicted octanol–water partition coefficient (Wildman–Crippen LogP) is 2.47. The van der Waals surface area contributed by atoms with E-state index in [-0.39, 0.29) is 35.6 Å². The Bertz CT molecular complexity index is 994. The third-order valence-electron chi connectivity index (χ3n) is 7.53. The molecular formula is C28H38N4O4. The Kier molecular flexibility index (Phi) is 8.96. The molecule has 0 spiro atoms. The van der Waals surface area contributed by atoms with Crippen LogP contribution in [0.25, 0.3) is 0 Å². The lowest BCUT2D eigenvalue weighted by Crippen LogP contribution is -2.59. The Morgan fingerprint density at radius 3 is 2.44 bits per heavy atom. The number of aryl methyl sites for hydroxylation is 1. The number of phenols is 1. The smallest absolute Gasteiger partial charge is 0.243 e. The second-order valence-corrected chi connectivity index (χ2v) is 9.84. The number of phenolic OH excluding ortho intramolecular Hbond substituents is 1. The normalized spacial score (nSPS) is 21.7. The lowest BCUT2D eigenvalue weighted by atomic mass is 9.89. The van der Waals surface area contributed by atoms with Crippen molar-refractivity contribution in [2.45, 2.75) is 57.3 Å². The van der Waals surface area contributed by atoms with Gasteiger partial charge in [0.05, 0.1) is 0 Å². The van der Waals surface area contributed by atoms with Gasteiger partial charge in [-0.2, -0.15) is 0 Å². The van der Waals surface area contributed by atoms with Crippen LogP contribution in [0.2, 0.25) is 0 Å². The molecule has 2 aliphatic rings. The molecule has 3 N–H and O–H groups in total. The molecule has 0 aliphatic carbocycles. The Balaban J connectivity index is 1.58. The quantitative estimate of drug-likeness (QED) is 0.496. The average Bonchev–Trinajstić information content (AvgIpc) is 3.23. The maximum Gasteiger partial charge on any atom is 0.243 e. The molecule has 194 valence electrons. The minimum atomic E-state index is -0.586. The first kappa shape index (κ1) is 26.1. The summed E-state index contributed by atoms with van der Waals surface area (Å²) in [4.78, 5) is 29.6. The zero-order chi connectivity index (χ0) is 25.5. The molecule has 2 saturated heterocycles. The second kappa shape index (κ2) is 12.3. The molecule has 2 aliphatic heterocycles. The van der Waals surface area contributed by atoms with Gasteiger partial charge < -0.3 is 20.1 Å². The van der Waals surface area contributed by atoms with E-state index in [1.807, 2.05) is 59.4 Å². The first-order valence-corrected chi connectivity index (χ1v) is 12.9. The van der Waals surface area contributed by atoms with E-state index in [4.69, 9.17) is 4.74 Å². The number of ether oxygens (including phenoxy) is 1. The topological polar surface area (TPSA) is 94.1 Å². The molecule has 2 aromatic carbocycles. The second-order valence-electron chi connectivity index (χ2n) is 9.84. The van der Waals surface area contributed by atoms with Crippen LogP contribution in [0.15, 0.2) is 54.6 Å². The average molecular weight is 495 g/mol. The van der Waals surface area contributed by atoms with Gasteiger partial charge in [0, 0.05) is 57.8 Å². The highest BCUT2D eigenvalue weighted by molar-refractivity contribution is 5.88. The van der Waals surface area contributed by atoms with Crippen LogP contribution in [0.3, 0.4) is 0 Å². The van der Waals surface area contributed by atoms with Gasteiger partial charge in [0.25, 0.3) is 0 Å². The molecule has 2 amide bonds. The predicted molar refractivity (Wildman–Crippen MR) is 138 cm³/mol. The molecule has 8 heteroatoms. The molecule has 0 bridgehead atoms. The van der Waals surface area contributed by atoms with Gasteiger partial charge in [-0.15, -0.1) is 0 Å².